The van der Waals surface area contributed by atoms with E-state index < -0.39 is 5.97 Å². The van der Waals surface area contributed by atoms with Crippen molar-refractivity contribution in [3.63, 3.8) is 0 Å². The van der Waals surface area contributed by atoms with Crippen LogP contribution in [0, 0.1) is 6.92 Å². The number of carboxylic acids is 1. The van der Waals surface area contributed by atoms with Gasteiger partial charge in [0.05, 0.1) is 11.9 Å². The number of rotatable bonds is 6. The van der Waals surface area contributed by atoms with Gasteiger partial charge in [-0.25, -0.2) is 4.98 Å². The Morgan fingerprint density at radius 1 is 1.55 bits per heavy atom. The van der Waals surface area contributed by atoms with Gasteiger partial charge in [-0.2, -0.15) is 0 Å². The van der Waals surface area contributed by atoms with Crippen LogP contribution >= 0.6 is 11.8 Å². The Labute approximate surface area is 119 Å². The summed E-state index contributed by atoms with van der Waals surface area (Å²) in [7, 11) is 0. The molecule has 3 rings (SSSR count). The largest absolute Gasteiger partial charge is 0.481 e. The molecule has 1 saturated carbocycles. The Morgan fingerprint density at radius 3 is 2.95 bits per heavy atom. The average molecular weight is 294 g/mol. The van der Waals surface area contributed by atoms with Gasteiger partial charge in [0, 0.05) is 5.92 Å². The lowest BCUT2D eigenvalue weighted by molar-refractivity contribution is -0.133. The monoisotopic (exact) mass is 294 g/mol. The summed E-state index contributed by atoms with van der Waals surface area (Å²) < 4.78 is 7.39. The predicted molar refractivity (Wildman–Crippen MR) is 70.7 cm³/mol. The van der Waals surface area contributed by atoms with E-state index in [1.807, 2.05) is 11.5 Å². The molecule has 0 unspecified atom stereocenters. The predicted octanol–water partition coefficient (Wildman–Crippen LogP) is 1.68. The molecule has 1 aliphatic carbocycles. The van der Waals surface area contributed by atoms with Crippen molar-refractivity contribution in [1.29, 1.82) is 0 Å². The molecule has 0 atom stereocenters. The maximum Gasteiger partial charge on any atom is 0.313 e. The van der Waals surface area contributed by atoms with Crippen LogP contribution in [0.1, 0.15) is 36.2 Å². The lowest BCUT2D eigenvalue weighted by Crippen LogP contribution is -2.07. The molecule has 2 heterocycles. The van der Waals surface area contributed by atoms with Crippen LogP contribution in [0.4, 0.5) is 0 Å². The molecule has 2 aromatic heterocycles. The van der Waals surface area contributed by atoms with Crippen molar-refractivity contribution < 1.29 is 14.3 Å². The van der Waals surface area contributed by atoms with Crippen molar-refractivity contribution in [2.75, 3.05) is 5.75 Å². The first-order valence-electron chi connectivity index (χ1n) is 6.32. The summed E-state index contributed by atoms with van der Waals surface area (Å²) in [5.41, 5.74) is 0. The minimum Gasteiger partial charge on any atom is -0.481 e. The number of nitrogens with zero attached hydrogens (tertiary/aromatic N) is 4. The fraction of sp³-hybridized carbons (Fsp3) is 0.500. The summed E-state index contributed by atoms with van der Waals surface area (Å²) >= 11 is 1.17. The van der Waals surface area contributed by atoms with Crippen LogP contribution in [0.3, 0.4) is 0 Å². The van der Waals surface area contributed by atoms with Gasteiger partial charge in [-0.05, 0) is 19.8 Å². The van der Waals surface area contributed by atoms with E-state index in [1.54, 1.807) is 6.20 Å². The molecule has 1 aliphatic rings. The summed E-state index contributed by atoms with van der Waals surface area (Å²) in [4.78, 5) is 14.9. The van der Waals surface area contributed by atoms with Gasteiger partial charge in [-0.15, -0.1) is 10.2 Å². The lowest BCUT2D eigenvalue weighted by Gasteiger charge is -2.06. The highest BCUT2D eigenvalue weighted by Crippen LogP contribution is 2.40. The van der Waals surface area contributed by atoms with Gasteiger partial charge in [0.15, 0.2) is 5.16 Å². The summed E-state index contributed by atoms with van der Waals surface area (Å²) in [6.45, 7) is 2.28. The van der Waals surface area contributed by atoms with Gasteiger partial charge in [0.1, 0.15) is 18.1 Å². The second-order valence-corrected chi connectivity index (χ2v) is 5.69. The van der Waals surface area contributed by atoms with Gasteiger partial charge in [0.2, 0.25) is 5.89 Å². The highest BCUT2D eigenvalue weighted by Gasteiger charge is 2.31. The molecule has 7 nitrogen and oxygen atoms in total. The number of aromatic nitrogens is 4. The standard InChI is InChI=1S/C12H14N4O3S/c1-7-4-13-9(19-7)5-16-11(8-2-3-8)14-15-12(16)20-6-10(17)18/h4,8H,2-3,5-6H2,1H3,(H,17,18). The molecule has 0 bridgehead atoms. The number of carbonyl (C=O) groups is 1. The minimum absolute atomic E-state index is 0.0343. The van der Waals surface area contributed by atoms with Gasteiger partial charge >= 0.3 is 5.97 Å². The molecular formula is C12H14N4O3S. The van der Waals surface area contributed by atoms with E-state index in [2.05, 4.69) is 15.2 Å². The third-order valence-electron chi connectivity index (χ3n) is 2.98. The molecule has 0 spiro atoms. The molecule has 1 N–H and O–H groups in total. The third kappa shape index (κ3) is 2.84. The first kappa shape index (κ1) is 13.2. The maximum atomic E-state index is 10.7. The zero-order valence-corrected chi connectivity index (χ0v) is 11.8. The molecule has 1 fully saturated rings. The zero-order chi connectivity index (χ0) is 14.1. The summed E-state index contributed by atoms with van der Waals surface area (Å²) in [5.74, 6) is 1.76. The summed E-state index contributed by atoms with van der Waals surface area (Å²) in [6.07, 6.45) is 3.87. The summed E-state index contributed by atoms with van der Waals surface area (Å²) in [6, 6.07) is 0. The van der Waals surface area contributed by atoms with Gasteiger partial charge in [0.25, 0.3) is 0 Å². The van der Waals surface area contributed by atoms with Crippen molar-refractivity contribution >= 4 is 17.7 Å². The van der Waals surface area contributed by atoms with Gasteiger partial charge in [-0.3, -0.25) is 9.36 Å². The number of hydrogen-bond donors (Lipinski definition) is 1. The van der Waals surface area contributed by atoms with E-state index in [9.17, 15) is 4.79 Å². The third-order valence-corrected chi connectivity index (χ3v) is 3.93. The van der Waals surface area contributed by atoms with E-state index in [-0.39, 0.29) is 5.75 Å². The fourth-order valence-electron chi connectivity index (χ4n) is 1.94. The number of aliphatic carboxylic acids is 1. The minimum atomic E-state index is -0.871. The highest BCUT2D eigenvalue weighted by molar-refractivity contribution is 7.99. The van der Waals surface area contributed by atoms with Crippen molar-refractivity contribution in [3.05, 3.63) is 23.7 Å². The smallest absolute Gasteiger partial charge is 0.313 e. The van der Waals surface area contributed by atoms with Crippen molar-refractivity contribution in [2.24, 2.45) is 0 Å². The fourth-order valence-corrected chi connectivity index (χ4v) is 2.60. The Hall–Kier alpha value is -1.83. The van der Waals surface area contributed by atoms with Crippen LogP contribution in [-0.2, 0) is 11.3 Å². The quantitative estimate of drug-likeness (QED) is 0.810. The Balaban J connectivity index is 1.84. The first-order valence-corrected chi connectivity index (χ1v) is 7.31. The molecule has 0 saturated heterocycles. The van der Waals surface area contributed by atoms with Crippen molar-refractivity contribution in [3.8, 4) is 0 Å². The molecule has 20 heavy (non-hydrogen) atoms. The molecule has 2 aromatic rings. The van der Waals surface area contributed by atoms with E-state index in [4.69, 9.17) is 9.52 Å². The second-order valence-electron chi connectivity index (χ2n) is 4.75. The normalized spacial score (nSPS) is 14.7. The number of oxazole rings is 1. The van der Waals surface area contributed by atoms with Crippen molar-refractivity contribution in [1.82, 2.24) is 19.7 Å². The number of thioether (sulfide) groups is 1. The molecule has 106 valence electrons. The molecule has 0 amide bonds. The van der Waals surface area contributed by atoms with Crippen molar-refractivity contribution in [2.45, 2.75) is 37.4 Å². The number of aryl methyl sites for hydroxylation is 1. The molecule has 0 aliphatic heterocycles. The maximum absolute atomic E-state index is 10.7. The van der Waals surface area contributed by atoms with E-state index >= 15 is 0 Å². The van der Waals surface area contributed by atoms with Crippen LogP contribution in [0.5, 0.6) is 0 Å². The summed E-state index contributed by atoms with van der Waals surface area (Å²) in [5, 5.41) is 17.7. The van der Waals surface area contributed by atoms with E-state index in [1.165, 1.54) is 11.8 Å². The van der Waals surface area contributed by atoms with E-state index in [0.717, 1.165) is 24.4 Å². The molecule has 8 heteroatoms. The zero-order valence-electron chi connectivity index (χ0n) is 10.9. The van der Waals surface area contributed by atoms with Gasteiger partial charge < -0.3 is 9.52 Å². The van der Waals surface area contributed by atoms with Crippen LogP contribution in [0.2, 0.25) is 0 Å². The van der Waals surface area contributed by atoms with Crippen LogP contribution in [0.25, 0.3) is 0 Å². The van der Waals surface area contributed by atoms with E-state index in [0.29, 0.717) is 23.5 Å². The Kier molecular flexibility index (Phi) is 3.47. The number of hydrogen-bond acceptors (Lipinski definition) is 6. The average Bonchev–Trinajstić information content (AvgIpc) is 3.05. The highest BCUT2D eigenvalue weighted by atomic mass is 32.2. The Bertz CT molecular complexity index is 632. The van der Waals surface area contributed by atoms with Crippen LogP contribution in [0.15, 0.2) is 15.8 Å². The molecular weight excluding hydrogens is 280 g/mol. The van der Waals surface area contributed by atoms with Gasteiger partial charge in [-0.1, -0.05) is 11.8 Å². The lowest BCUT2D eigenvalue weighted by atomic mass is 10.4. The molecule has 0 aromatic carbocycles. The molecule has 0 radical (unpaired) electrons. The second kappa shape index (κ2) is 5.28. The topological polar surface area (TPSA) is 94.0 Å². The SMILES string of the molecule is Cc1cnc(Cn2c(SCC(=O)O)nnc2C2CC2)o1. The number of carboxylic acid groups (broad SMARTS) is 1. The van der Waals surface area contributed by atoms with Crippen LogP contribution < -0.4 is 0 Å². The first-order chi connectivity index (χ1) is 9.63. The van der Waals surface area contributed by atoms with Crippen LogP contribution in [-0.4, -0.2) is 36.6 Å². The Morgan fingerprint density at radius 2 is 2.35 bits per heavy atom.